The molecule has 0 fully saturated rings. The van der Waals surface area contributed by atoms with E-state index in [1.165, 1.54) is 18.4 Å². The molecular formula is C13H21N3O2S2. The fourth-order valence-electron chi connectivity index (χ4n) is 1.57. The maximum absolute atomic E-state index is 12.2. The molecule has 7 heteroatoms. The first-order valence-electron chi connectivity index (χ1n) is 6.37. The molecule has 112 valence electrons. The van der Waals surface area contributed by atoms with E-state index in [2.05, 4.69) is 10.6 Å². The van der Waals surface area contributed by atoms with Gasteiger partial charge in [-0.2, -0.15) is 0 Å². The molecule has 5 nitrogen and oxygen atoms in total. The number of nitrogens with one attached hydrogen (secondary N) is 2. The van der Waals surface area contributed by atoms with Crippen molar-refractivity contribution < 1.29 is 8.42 Å². The quantitative estimate of drug-likeness (QED) is 0.813. The van der Waals surface area contributed by atoms with Crippen molar-refractivity contribution >= 4 is 33.0 Å². The summed E-state index contributed by atoms with van der Waals surface area (Å²) in [6, 6.07) is 5.18. The summed E-state index contributed by atoms with van der Waals surface area (Å²) >= 11 is 5.14. The molecule has 0 unspecified atom stereocenters. The third-order valence-electron chi connectivity index (χ3n) is 2.74. The lowest BCUT2D eigenvalue weighted by molar-refractivity contribution is 0.520. The Bertz CT molecular complexity index is 583. The van der Waals surface area contributed by atoms with Gasteiger partial charge in [0.2, 0.25) is 10.0 Å². The Morgan fingerprint density at radius 3 is 2.55 bits per heavy atom. The summed E-state index contributed by atoms with van der Waals surface area (Å²) in [7, 11) is -0.421. The number of anilines is 1. The van der Waals surface area contributed by atoms with Gasteiger partial charge in [0.25, 0.3) is 0 Å². The zero-order valence-corrected chi connectivity index (χ0v) is 13.9. The van der Waals surface area contributed by atoms with Crippen LogP contribution in [0.3, 0.4) is 0 Å². The number of nitrogens with zero attached hydrogens (tertiary/aromatic N) is 1. The average molecular weight is 315 g/mol. The summed E-state index contributed by atoms with van der Waals surface area (Å²) in [4.78, 5) is 0.283. The molecule has 2 N–H and O–H groups in total. The SMILES string of the molecule is CCCNC(=S)Nc1ccc(C)c(S(=O)(=O)N(C)C)c1. The summed E-state index contributed by atoms with van der Waals surface area (Å²) in [6.45, 7) is 4.59. The smallest absolute Gasteiger partial charge is 0.242 e. The first-order chi connectivity index (χ1) is 9.28. The number of thiocarbonyl (C=S) groups is 1. The van der Waals surface area contributed by atoms with Gasteiger partial charge in [0.15, 0.2) is 5.11 Å². The van der Waals surface area contributed by atoms with Crippen molar-refractivity contribution in [2.75, 3.05) is 26.0 Å². The van der Waals surface area contributed by atoms with Crippen molar-refractivity contribution in [2.45, 2.75) is 25.2 Å². The number of aryl methyl sites for hydroxylation is 1. The maximum atomic E-state index is 12.2. The van der Waals surface area contributed by atoms with E-state index in [9.17, 15) is 8.42 Å². The fraction of sp³-hybridized carbons (Fsp3) is 0.462. The van der Waals surface area contributed by atoms with Gasteiger partial charge in [-0.1, -0.05) is 13.0 Å². The molecule has 0 saturated carbocycles. The van der Waals surface area contributed by atoms with Gasteiger partial charge in [-0.05, 0) is 43.3 Å². The van der Waals surface area contributed by atoms with Gasteiger partial charge in [-0.15, -0.1) is 0 Å². The van der Waals surface area contributed by atoms with E-state index in [0.717, 1.165) is 13.0 Å². The van der Waals surface area contributed by atoms with Crippen molar-refractivity contribution in [1.82, 2.24) is 9.62 Å². The van der Waals surface area contributed by atoms with E-state index in [1.54, 1.807) is 19.1 Å². The molecule has 0 saturated heterocycles. The molecule has 0 atom stereocenters. The standard InChI is InChI=1S/C13H21N3O2S2/c1-5-8-14-13(19)15-11-7-6-10(2)12(9-11)20(17,18)16(3)4/h6-7,9H,5,8H2,1-4H3,(H2,14,15,19). The van der Waals surface area contributed by atoms with Gasteiger partial charge >= 0.3 is 0 Å². The molecule has 0 amide bonds. The lowest BCUT2D eigenvalue weighted by Gasteiger charge is -2.16. The Morgan fingerprint density at radius 2 is 2.00 bits per heavy atom. The van der Waals surface area contributed by atoms with Crippen molar-refractivity contribution in [3.63, 3.8) is 0 Å². The second kappa shape index (κ2) is 7.01. The molecule has 1 rings (SSSR count). The lowest BCUT2D eigenvalue weighted by atomic mass is 10.2. The third-order valence-corrected chi connectivity index (χ3v) is 4.94. The molecular weight excluding hydrogens is 294 g/mol. The Balaban J connectivity index is 3.01. The molecule has 0 aromatic heterocycles. The van der Waals surface area contributed by atoms with E-state index in [0.29, 0.717) is 16.4 Å². The van der Waals surface area contributed by atoms with E-state index >= 15 is 0 Å². The Kier molecular flexibility index (Phi) is 5.91. The maximum Gasteiger partial charge on any atom is 0.242 e. The van der Waals surface area contributed by atoms with Crippen LogP contribution in [0, 0.1) is 6.92 Å². The molecule has 0 aliphatic heterocycles. The highest BCUT2D eigenvalue weighted by molar-refractivity contribution is 7.89. The van der Waals surface area contributed by atoms with Crippen LogP contribution in [-0.2, 0) is 10.0 Å². The minimum Gasteiger partial charge on any atom is -0.362 e. The minimum absolute atomic E-state index is 0.283. The van der Waals surface area contributed by atoms with Gasteiger partial charge in [-0.3, -0.25) is 0 Å². The molecule has 0 aliphatic rings. The normalized spacial score (nSPS) is 11.4. The van der Waals surface area contributed by atoms with Crippen molar-refractivity contribution in [3.8, 4) is 0 Å². The molecule has 0 spiro atoms. The summed E-state index contributed by atoms with van der Waals surface area (Å²) < 4.78 is 25.6. The molecule has 1 aromatic carbocycles. The summed E-state index contributed by atoms with van der Waals surface area (Å²) in [5.41, 5.74) is 1.36. The van der Waals surface area contributed by atoms with Gasteiger partial charge < -0.3 is 10.6 Å². The number of rotatable bonds is 5. The van der Waals surface area contributed by atoms with Gasteiger partial charge in [0, 0.05) is 26.3 Å². The molecule has 20 heavy (non-hydrogen) atoms. The zero-order valence-electron chi connectivity index (χ0n) is 12.2. The van der Waals surface area contributed by atoms with Crippen LogP contribution in [-0.4, -0.2) is 38.5 Å². The van der Waals surface area contributed by atoms with E-state index in [4.69, 9.17) is 12.2 Å². The predicted octanol–water partition coefficient (Wildman–Crippen LogP) is 1.94. The van der Waals surface area contributed by atoms with Crippen LogP contribution in [0.1, 0.15) is 18.9 Å². The average Bonchev–Trinajstić information content (AvgIpc) is 2.38. The van der Waals surface area contributed by atoms with Crippen molar-refractivity contribution in [2.24, 2.45) is 0 Å². The molecule has 0 heterocycles. The number of sulfonamides is 1. The van der Waals surface area contributed by atoms with Crippen LogP contribution >= 0.6 is 12.2 Å². The highest BCUT2D eigenvalue weighted by Gasteiger charge is 2.20. The van der Waals surface area contributed by atoms with E-state index in [1.807, 2.05) is 13.0 Å². The van der Waals surface area contributed by atoms with Crippen LogP contribution in [0.2, 0.25) is 0 Å². The Morgan fingerprint density at radius 1 is 1.35 bits per heavy atom. The highest BCUT2D eigenvalue weighted by Crippen LogP contribution is 2.22. The second-order valence-corrected chi connectivity index (χ2v) is 7.18. The molecule has 0 bridgehead atoms. The van der Waals surface area contributed by atoms with E-state index in [-0.39, 0.29) is 4.90 Å². The van der Waals surface area contributed by atoms with Gasteiger partial charge in [0.05, 0.1) is 4.90 Å². The first kappa shape index (κ1) is 16.9. The first-order valence-corrected chi connectivity index (χ1v) is 8.22. The highest BCUT2D eigenvalue weighted by atomic mass is 32.2. The largest absolute Gasteiger partial charge is 0.362 e. The van der Waals surface area contributed by atoms with Crippen LogP contribution < -0.4 is 10.6 Å². The number of hydrogen-bond donors (Lipinski definition) is 2. The monoisotopic (exact) mass is 315 g/mol. The molecule has 1 aromatic rings. The van der Waals surface area contributed by atoms with Crippen LogP contribution in [0.5, 0.6) is 0 Å². The third kappa shape index (κ3) is 4.16. The number of hydrogen-bond acceptors (Lipinski definition) is 3. The molecule has 0 radical (unpaired) electrons. The van der Waals surface area contributed by atoms with Gasteiger partial charge in [-0.25, -0.2) is 12.7 Å². The minimum atomic E-state index is -3.45. The summed E-state index contributed by atoms with van der Waals surface area (Å²) in [5, 5.41) is 6.52. The second-order valence-electron chi connectivity index (χ2n) is 4.65. The van der Waals surface area contributed by atoms with Crippen LogP contribution in [0.4, 0.5) is 5.69 Å². The summed E-state index contributed by atoms with van der Waals surface area (Å²) in [5.74, 6) is 0. The zero-order chi connectivity index (χ0) is 15.3. The fourth-order valence-corrected chi connectivity index (χ4v) is 2.93. The summed E-state index contributed by atoms with van der Waals surface area (Å²) in [6.07, 6.45) is 0.968. The number of benzene rings is 1. The molecule has 0 aliphatic carbocycles. The Hall–Kier alpha value is -1.18. The van der Waals surface area contributed by atoms with Crippen molar-refractivity contribution in [3.05, 3.63) is 23.8 Å². The Labute approximate surface area is 126 Å². The predicted molar refractivity (Wildman–Crippen MR) is 86.6 cm³/mol. The van der Waals surface area contributed by atoms with Crippen LogP contribution in [0.25, 0.3) is 0 Å². The van der Waals surface area contributed by atoms with Crippen molar-refractivity contribution in [1.29, 1.82) is 0 Å². The topological polar surface area (TPSA) is 61.4 Å². The van der Waals surface area contributed by atoms with Gasteiger partial charge in [0.1, 0.15) is 0 Å². The van der Waals surface area contributed by atoms with E-state index < -0.39 is 10.0 Å². The van der Waals surface area contributed by atoms with Crippen LogP contribution in [0.15, 0.2) is 23.1 Å². The lowest BCUT2D eigenvalue weighted by Crippen LogP contribution is -2.29.